The van der Waals surface area contributed by atoms with E-state index in [1.54, 1.807) is 12.1 Å². The molecular formula is C14H19BrN2O2. The SMILES string of the molecule is C[C@H]1[C@H](C)CCC[C@@H]1Nc1ccc(Br)cc1[N+](=O)[O-]. The van der Waals surface area contributed by atoms with Gasteiger partial charge in [-0.05, 0) is 30.4 Å². The van der Waals surface area contributed by atoms with Gasteiger partial charge >= 0.3 is 0 Å². The number of halogens is 1. The molecule has 1 aliphatic carbocycles. The van der Waals surface area contributed by atoms with Crippen LogP contribution in [0.3, 0.4) is 0 Å². The maximum absolute atomic E-state index is 11.1. The molecular weight excluding hydrogens is 308 g/mol. The largest absolute Gasteiger partial charge is 0.376 e. The summed E-state index contributed by atoms with van der Waals surface area (Å²) in [6.45, 7) is 4.49. The van der Waals surface area contributed by atoms with Crippen molar-refractivity contribution in [2.45, 2.75) is 39.2 Å². The lowest BCUT2D eigenvalue weighted by molar-refractivity contribution is -0.384. The van der Waals surface area contributed by atoms with Gasteiger partial charge in [0.1, 0.15) is 5.69 Å². The van der Waals surface area contributed by atoms with E-state index in [0.29, 0.717) is 23.6 Å². The number of nitrogens with zero attached hydrogens (tertiary/aromatic N) is 1. The molecule has 1 aromatic carbocycles. The smallest absolute Gasteiger partial charge is 0.293 e. The molecule has 0 bridgehead atoms. The zero-order valence-electron chi connectivity index (χ0n) is 11.2. The van der Waals surface area contributed by atoms with Crippen molar-refractivity contribution in [2.75, 3.05) is 5.32 Å². The van der Waals surface area contributed by atoms with E-state index in [2.05, 4.69) is 35.1 Å². The molecule has 0 aliphatic heterocycles. The normalized spacial score (nSPS) is 27.0. The van der Waals surface area contributed by atoms with Crippen LogP contribution in [0.2, 0.25) is 0 Å². The summed E-state index contributed by atoms with van der Waals surface area (Å²) in [6, 6.07) is 5.50. The van der Waals surface area contributed by atoms with Crippen LogP contribution in [0.1, 0.15) is 33.1 Å². The van der Waals surface area contributed by atoms with Crippen molar-refractivity contribution in [3.63, 3.8) is 0 Å². The Bertz CT molecular complexity index is 479. The monoisotopic (exact) mass is 326 g/mol. The number of hydrogen-bond donors (Lipinski definition) is 1. The summed E-state index contributed by atoms with van der Waals surface area (Å²) in [5.74, 6) is 1.21. The lowest BCUT2D eigenvalue weighted by atomic mass is 9.78. The fraction of sp³-hybridized carbons (Fsp3) is 0.571. The molecule has 0 saturated heterocycles. The highest BCUT2D eigenvalue weighted by molar-refractivity contribution is 9.10. The number of benzene rings is 1. The Kier molecular flexibility index (Phi) is 4.45. The first-order valence-corrected chi connectivity index (χ1v) is 7.49. The molecule has 1 N–H and O–H groups in total. The summed E-state index contributed by atoms with van der Waals surface area (Å²) < 4.78 is 0.731. The van der Waals surface area contributed by atoms with Gasteiger partial charge in [0.15, 0.2) is 0 Å². The van der Waals surface area contributed by atoms with E-state index in [4.69, 9.17) is 0 Å². The van der Waals surface area contributed by atoms with Crippen LogP contribution in [-0.2, 0) is 0 Å². The van der Waals surface area contributed by atoms with Crippen LogP contribution in [0.5, 0.6) is 0 Å². The van der Waals surface area contributed by atoms with Gasteiger partial charge < -0.3 is 5.32 Å². The van der Waals surface area contributed by atoms with Gasteiger partial charge in [-0.1, -0.05) is 42.6 Å². The zero-order valence-corrected chi connectivity index (χ0v) is 12.8. The third kappa shape index (κ3) is 3.26. The van der Waals surface area contributed by atoms with Gasteiger partial charge in [-0.15, -0.1) is 0 Å². The van der Waals surface area contributed by atoms with Gasteiger partial charge in [0.05, 0.1) is 4.92 Å². The zero-order chi connectivity index (χ0) is 14.0. The van der Waals surface area contributed by atoms with Gasteiger partial charge in [0, 0.05) is 16.6 Å². The molecule has 0 spiro atoms. The van der Waals surface area contributed by atoms with Crippen molar-refractivity contribution >= 4 is 27.3 Å². The van der Waals surface area contributed by atoms with Crippen molar-refractivity contribution in [1.29, 1.82) is 0 Å². The van der Waals surface area contributed by atoms with Crippen LogP contribution in [0.15, 0.2) is 22.7 Å². The molecule has 0 radical (unpaired) electrons. The molecule has 0 amide bonds. The van der Waals surface area contributed by atoms with Crippen molar-refractivity contribution in [2.24, 2.45) is 11.8 Å². The van der Waals surface area contributed by atoms with Gasteiger partial charge in [0.25, 0.3) is 5.69 Å². The van der Waals surface area contributed by atoms with Gasteiger partial charge in [-0.3, -0.25) is 10.1 Å². The highest BCUT2D eigenvalue weighted by atomic mass is 79.9. The molecule has 0 unspecified atom stereocenters. The molecule has 2 rings (SSSR count). The van der Waals surface area contributed by atoms with Gasteiger partial charge in [0.2, 0.25) is 0 Å². The summed E-state index contributed by atoms with van der Waals surface area (Å²) >= 11 is 3.28. The molecule has 4 nitrogen and oxygen atoms in total. The lowest BCUT2D eigenvalue weighted by Gasteiger charge is -2.35. The Balaban J connectivity index is 2.21. The highest BCUT2D eigenvalue weighted by Crippen LogP contribution is 2.34. The third-order valence-electron chi connectivity index (χ3n) is 4.20. The second-order valence-electron chi connectivity index (χ2n) is 5.44. The van der Waals surface area contributed by atoms with E-state index >= 15 is 0 Å². The molecule has 1 saturated carbocycles. The Hall–Kier alpha value is -1.10. The van der Waals surface area contributed by atoms with Crippen molar-refractivity contribution in [1.82, 2.24) is 0 Å². The van der Waals surface area contributed by atoms with E-state index in [0.717, 1.165) is 10.9 Å². The predicted molar refractivity (Wildman–Crippen MR) is 80.4 cm³/mol. The number of nitrogens with one attached hydrogen (secondary N) is 1. The van der Waals surface area contributed by atoms with Crippen molar-refractivity contribution in [3.8, 4) is 0 Å². The van der Waals surface area contributed by atoms with E-state index < -0.39 is 0 Å². The molecule has 1 aliphatic rings. The summed E-state index contributed by atoms with van der Waals surface area (Å²) in [5.41, 5.74) is 0.763. The summed E-state index contributed by atoms with van der Waals surface area (Å²) in [7, 11) is 0. The van der Waals surface area contributed by atoms with Crippen LogP contribution in [0.25, 0.3) is 0 Å². The summed E-state index contributed by atoms with van der Waals surface area (Å²) in [4.78, 5) is 10.8. The van der Waals surface area contributed by atoms with Crippen LogP contribution in [0.4, 0.5) is 11.4 Å². The Morgan fingerprint density at radius 1 is 1.37 bits per heavy atom. The van der Waals surface area contributed by atoms with E-state index in [1.165, 1.54) is 12.8 Å². The molecule has 19 heavy (non-hydrogen) atoms. The molecule has 3 atom stereocenters. The minimum absolute atomic E-state index is 0.139. The van der Waals surface area contributed by atoms with Crippen LogP contribution in [0, 0.1) is 22.0 Å². The van der Waals surface area contributed by atoms with Gasteiger partial charge in [-0.25, -0.2) is 0 Å². The first-order chi connectivity index (χ1) is 8.99. The Morgan fingerprint density at radius 3 is 2.79 bits per heavy atom. The highest BCUT2D eigenvalue weighted by Gasteiger charge is 2.28. The second-order valence-corrected chi connectivity index (χ2v) is 6.35. The minimum atomic E-state index is -0.329. The number of hydrogen-bond acceptors (Lipinski definition) is 3. The lowest BCUT2D eigenvalue weighted by Crippen LogP contribution is -2.35. The number of nitro groups is 1. The molecule has 104 valence electrons. The van der Waals surface area contributed by atoms with E-state index in [9.17, 15) is 10.1 Å². The van der Waals surface area contributed by atoms with E-state index in [-0.39, 0.29) is 10.6 Å². The first-order valence-electron chi connectivity index (χ1n) is 6.69. The van der Waals surface area contributed by atoms with Crippen molar-refractivity contribution < 1.29 is 4.92 Å². The first kappa shape index (κ1) is 14.3. The molecule has 5 heteroatoms. The standard InChI is InChI=1S/C14H19BrN2O2/c1-9-4-3-5-12(10(9)2)16-13-7-6-11(15)8-14(13)17(18)19/h6-10,12,16H,3-5H2,1-2H3/t9-,10+,12+/m1/s1. The third-order valence-corrected chi connectivity index (χ3v) is 4.70. The van der Waals surface area contributed by atoms with E-state index in [1.807, 2.05) is 6.07 Å². The Morgan fingerprint density at radius 2 is 2.11 bits per heavy atom. The number of anilines is 1. The van der Waals surface area contributed by atoms with Gasteiger partial charge in [-0.2, -0.15) is 0 Å². The maximum Gasteiger partial charge on any atom is 0.293 e. The summed E-state index contributed by atoms with van der Waals surface area (Å²) in [5, 5.41) is 14.5. The molecule has 1 aromatic rings. The fourth-order valence-corrected chi connectivity index (χ4v) is 3.11. The molecule has 0 aromatic heterocycles. The number of nitro benzene ring substituents is 1. The summed E-state index contributed by atoms with van der Waals surface area (Å²) in [6.07, 6.45) is 3.52. The average molecular weight is 327 g/mol. The predicted octanol–water partition coefficient (Wildman–Crippen LogP) is 4.59. The average Bonchev–Trinajstić information content (AvgIpc) is 2.36. The molecule has 1 fully saturated rings. The van der Waals surface area contributed by atoms with Crippen LogP contribution >= 0.6 is 15.9 Å². The number of rotatable bonds is 3. The second kappa shape index (κ2) is 5.90. The minimum Gasteiger partial charge on any atom is -0.376 e. The topological polar surface area (TPSA) is 55.2 Å². The maximum atomic E-state index is 11.1. The van der Waals surface area contributed by atoms with Crippen LogP contribution in [-0.4, -0.2) is 11.0 Å². The quantitative estimate of drug-likeness (QED) is 0.652. The van der Waals surface area contributed by atoms with Crippen LogP contribution < -0.4 is 5.32 Å². The Labute approximate surface area is 121 Å². The fourth-order valence-electron chi connectivity index (χ4n) is 2.76. The van der Waals surface area contributed by atoms with Crippen molar-refractivity contribution in [3.05, 3.63) is 32.8 Å². The molecule has 0 heterocycles.